The van der Waals surface area contributed by atoms with Gasteiger partial charge in [-0.05, 0) is 48.0 Å². The molecule has 0 unspecified atom stereocenters. The van der Waals surface area contributed by atoms with Crippen LogP contribution in [0.15, 0.2) is 65.7 Å². The van der Waals surface area contributed by atoms with Crippen molar-refractivity contribution in [3.8, 4) is 17.6 Å². The SMILES string of the molecule is CC(=O)Nc1ccc(OCCOc2ccc(/C=C(/C#N)C(=O)Nc3nccs3)cc2)cc1. The largest absolute Gasteiger partial charge is 0.490 e. The zero-order valence-electron chi connectivity index (χ0n) is 17.2. The number of nitriles is 1. The number of thiazole rings is 1. The minimum absolute atomic E-state index is 0.0215. The minimum Gasteiger partial charge on any atom is -0.490 e. The Kier molecular flexibility index (Phi) is 7.95. The van der Waals surface area contributed by atoms with Crippen LogP contribution in [0.3, 0.4) is 0 Å². The highest BCUT2D eigenvalue weighted by atomic mass is 32.1. The fraction of sp³-hybridized carbons (Fsp3) is 0.130. The Hall–Kier alpha value is -4.16. The van der Waals surface area contributed by atoms with Crippen molar-refractivity contribution in [3.63, 3.8) is 0 Å². The van der Waals surface area contributed by atoms with E-state index in [9.17, 15) is 14.9 Å². The molecular weight excluding hydrogens is 428 g/mol. The molecule has 2 N–H and O–H groups in total. The highest BCUT2D eigenvalue weighted by Gasteiger charge is 2.10. The maximum Gasteiger partial charge on any atom is 0.268 e. The first-order chi connectivity index (χ1) is 15.5. The molecule has 2 aromatic carbocycles. The first kappa shape index (κ1) is 22.5. The predicted molar refractivity (Wildman–Crippen MR) is 123 cm³/mol. The summed E-state index contributed by atoms with van der Waals surface area (Å²) in [6, 6.07) is 16.0. The van der Waals surface area contributed by atoms with E-state index in [4.69, 9.17) is 9.47 Å². The van der Waals surface area contributed by atoms with Crippen LogP contribution in [0.2, 0.25) is 0 Å². The molecule has 1 heterocycles. The molecule has 0 fully saturated rings. The summed E-state index contributed by atoms with van der Waals surface area (Å²) in [5.74, 6) is 0.669. The number of nitrogens with one attached hydrogen (secondary N) is 2. The molecule has 0 radical (unpaired) electrons. The zero-order valence-corrected chi connectivity index (χ0v) is 18.0. The molecule has 32 heavy (non-hydrogen) atoms. The van der Waals surface area contributed by atoms with Gasteiger partial charge < -0.3 is 14.8 Å². The lowest BCUT2D eigenvalue weighted by Crippen LogP contribution is -2.13. The number of anilines is 2. The molecule has 162 valence electrons. The quantitative estimate of drug-likeness (QED) is 0.289. The van der Waals surface area contributed by atoms with Gasteiger partial charge >= 0.3 is 0 Å². The van der Waals surface area contributed by atoms with Crippen LogP contribution in [-0.4, -0.2) is 30.0 Å². The topological polar surface area (TPSA) is 113 Å². The second-order valence-corrected chi connectivity index (χ2v) is 7.33. The highest BCUT2D eigenvalue weighted by Crippen LogP contribution is 2.18. The molecule has 3 aromatic rings. The Morgan fingerprint density at radius 1 is 1.03 bits per heavy atom. The molecule has 0 bridgehead atoms. The van der Waals surface area contributed by atoms with Crippen LogP contribution in [-0.2, 0) is 9.59 Å². The van der Waals surface area contributed by atoms with Crippen LogP contribution in [0.1, 0.15) is 12.5 Å². The third kappa shape index (κ3) is 6.97. The number of aromatic nitrogens is 1. The Bertz CT molecular complexity index is 1120. The Morgan fingerprint density at radius 3 is 2.19 bits per heavy atom. The fourth-order valence-electron chi connectivity index (χ4n) is 2.58. The lowest BCUT2D eigenvalue weighted by molar-refractivity contribution is -0.114. The van der Waals surface area contributed by atoms with Gasteiger partial charge in [-0.15, -0.1) is 11.3 Å². The van der Waals surface area contributed by atoms with Gasteiger partial charge in [0.25, 0.3) is 5.91 Å². The van der Waals surface area contributed by atoms with E-state index in [1.807, 2.05) is 6.07 Å². The van der Waals surface area contributed by atoms with Crippen molar-refractivity contribution in [1.82, 2.24) is 4.98 Å². The summed E-state index contributed by atoms with van der Waals surface area (Å²) in [7, 11) is 0. The average Bonchev–Trinajstić information content (AvgIpc) is 3.29. The maximum atomic E-state index is 12.2. The molecule has 8 nitrogen and oxygen atoms in total. The van der Waals surface area contributed by atoms with E-state index >= 15 is 0 Å². The fourth-order valence-corrected chi connectivity index (χ4v) is 3.11. The molecule has 0 atom stereocenters. The predicted octanol–water partition coefficient (Wildman–Crippen LogP) is 4.10. The van der Waals surface area contributed by atoms with Gasteiger partial charge in [-0.25, -0.2) is 4.98 Å². The number of carbonyl (C=O) groups is 2. The smallest absolute Gasteiger partial charge is 0.268 e. The lowest BCUT2D eigenvalue weighted by Gasteiger charge is -2.09. The lowest BCUT2D eigenvalue weighted by atomic mass is 10.1. The monoisotopic (exact) mass is 448 g/mol. The van der Waals surface area contributed by atoms with Gasteiger partial charge in [-0.3, -0.25) is 14.9 Å². The standard InChI is InChI=1S/C23H20N4O4S/c1-16(28)26-19-4-8-21(9-5-19)31-12-11-30-20-6-2-17(3-7-20)14-18(15-24)22(29)27-23-25-10-13-32-23/h2-10,13-14H,11-12H2,1H3,(H,26,28)(H,25,27,29)/b18-14-. The molecule has 0 saturated heterocycles. The highest BCUT2D eigenvalue weighted by molar-refractivity contribution is 7.13. The van der Waals surface area contributed by atoms with Crippen LogP contribution in [0.5, 0.6) is 11.5 Å². The van der Waals surface area contributed by atoms with E-state index < -0.39 is 5.91 Å². The third-order valence-electron chi connectivity index (χ3n) is 4.00. The van der Waals surface area contributed by atoms with E-state index in [0.717, 1.165) is 0 Å². The molecule has 0 spiro atoms. The Morgan fingerprint density at radius 2 is 1.66 bits per heavy atom. The maximum absolute atomic E-state index is 12.2. The van der Waals surface area contributed by atoms with E-state index in [1.54, 1.807) is 60.1 Å². The number of ether oxygens (including phenoxy) is 2. The summed E-state index contributed by atoms with van der Waals surface area (Å²) < 4.78 is 11.3. The summed E-state index contributed by atoms with van der Waals surface area (Å²) in [5.41, 5.74) is 1.38. The molecule has 9 heteroatoms. The molecule has 2 amide bonds. The van der Waals surface area contributed by atoms with E-state index in [1.165, 1.54) is 24.3 Å². The molecule has 0 aliphatic carbocycles. The van der Waals surface area contributed by atoms with Gasteiger partial charge in [0.15, 0.2) is 5.13 Å². The van der Waals surface area contributed by atoms with E-state index in [-0.39, 0.29) is 11.5 Å². The summed E-state index contributed by atoms with van der Waals surface area (Å²) in [4.78, 5) is 27.2. The van der Waals surface area contributed by atoms with Gasteiger partial charge in [0, 0.05) is 24.2 Å². The molecule has 1 aromatic heterocycles. The zero-order chi connectivity index (χ0) is 22.8. The first-order valence-corrected chi connectivity index (χ1v) is 10.5. The summed E-state index contributed by atoms with van der Waals surface area (Å²) in [6.07, 6.45) is 3.07. The molecule has 0 aliphatic heterocycles. The Labute approximate surface area is 189 Å². The van der Waals surface area contributed by atoms with Crippen LogP contribution in [0, 0.1) is 11.3 Å². The number of carbonyl (C=O) groups excluding carboxylic acids is 2. The van der Waals surface area contributed by atoms with Gasteiger partial charge in [-0.1, -0.05) is 12.1 Å². The summed E-state index contributed by atoms with van der Waals surface area (Å²) in [6.45, 7) is 2.13. The number of rotatable bonds is 9. The van der Waals surface area contributed by atoms with Gasteiger partial charge in [0.2, 0.25) is 5.91 Å². The minimum atomic E-state index is -0.509. The molecular formula is C23H20N4O4S. The normalized spacial score (nSPS) is 10.7. The van der Waals surface area contributed by atoms with Crippen molar-refractivity contribution in [2.75, 3.05) is 23.8 Å². The van der Waals surface area contributed by atoms with Crippen molar-refractivity contribution in [2.24, 2.45) is 0 Å². The van der Waals surface area contributed by atoms with Crippen molar-refractivity contribution >= 4 is 40.0 Å². The summed E-state index contributed by atoms with van der Waals surface area (Å²) in [5, 5.41) is 16.7. The van der Waals surface area contributed by atoms with Gasteiger partial charge in [-0.2, -0.15) is 5.26 Å². The van der Waals surface area contributed by atoms with Gasteiger partial charge in [0.05, 0.1) is 0 Å². The second kappa shape index (κ2) is 11.3. The first-order valence-electron chi connectivity index (χ1n) is 9.59. The third-order valence-corrected chi connectivity index (χ3v) is 4.69. The van der Waals surface area contributed by atoms with Crippen LogP contribution in [0.4, 0.5) is 10.8 Å². The van der Waals surface area contributed by atoms with Crippen LogP contribution in [0.25, 0.3) is 6.08 Å². The number of amides is 2. The number of hydrogen-bond donors (Lipinski definition) is 2. The van der Waals surface area contributed by atoms with Crippen molar-refractivity contribution in [3.05, 3.63) is 71.2 Å². The van der Waals surface area contributed by atoms with Crippen molar-refractivity contribution in [2.45, 2.75) is 6.92 Å². The van der Waals surface area contributed by atoms with E-state index in [2.05, 4.69) is 15.6 Å². The second-order valence-electron chi connectivity index (χ2n) is 6.43. The van der Waals surface area contributed by atoms with Crippen LogP contribution >= 0.6 is 11.3 Å². The molecule has 3 rings (SSSR count). The Balaban J connectivity index is 1.46. The number of benzene rings is 2. The van der Waals surface area contributed by atoms with Crippen LogP contribution < -0.4 is 20.1 Å². The summed E-state index contributed by atoms with van der Waals surface area (Å²) >= 11 is 1.28. The molecule has 0 aliphatic rings. The number of nitrogens with zero attached hydrogens (tertiary/aromatic N) is 2. The van der Waals surface area contributed by atoms with Crippen molar-refractivity contribution in [1.29, 1.82) is 5.26 Å². The average molecular weight is 449 g/mol. The number of hydrogen-bond acceptors (Lipinski definition) is 7. The van der Waals surface area contributed by atoms with E-state index in [0.29, 0.717) is 41.1 Å². The molecule has 0 saturated carbocycles. The van der Waals surface area contributed by atoms with Gasteiger partial charge in [0.1, 0.15) is 36.4 Å². The van der Waals surface area contributed by atoms with Crippen molar-refractivity contribution < 1.29 is 19.1 Å².